The summed E-state index contributed by atoms with van der Waals surface area (Å²) in [6.07, 6.45) is 2.05. The van der Waals surface area contributed by atoms with Crippen molar-refractivity contribution in [2.45, 2.75) is 19.8 Å². The summed E-state index contributed by atoms with van der Waals surface area (Å²) in [7, 11) is 0. The lowest BCUT2D eigenvalue weighted by Crippen LogP contribution is -2.29. The topological polar surface area (TPSA) is 101 Å². The van der Waals surface area contributed by atoms with E-state index in [1.54, 1.807) is 24.4 Å². The third-order valence-electron chi connectivity index (χ3n) is 3.13. The summed E-state index contributed by atoms with van der Waals surface area (Å²) in [6.45, 7) is 2.74. The number of hydrogen-bond donors (Lipinski definition) is 3. The van der Waals surface area contributed by atoms with Gasteiger partial charge in [0.2, 0.25) is 0 Å². The molecular formula is C16H19N3O4. The summed E-state index contributed by atoms with van der Waals surface area (Å²) < 4.78 is 5.56. The molecule has 3 N–H and O–H groups in total. The normalized spacial score (nSPS) is 10.3. The van der Waals surface area contributed by atoms with Gasteiger partial charge in [0, 0.05) is 24.5 Å². The number of benzene rings is 1. The maximum atomic E-state index is 11.9. The molecule has 0 unspecified atom stereocenters. The number of aromatic nitrogens is 1. The van der Waals surface area contributed by atoms with Gasteiger partial charge >= 0.3 is 12.0 Å². The van der Waals surface area contributed by atoms with Gasteiger partial charge in [0.15, 0.2) is 0 Å². The smallest absolute Gasteiger partial charge is 0.319 e. The van der Waals surface area contributed by atoms with Crippen molar-refractivity contribution in [3.8, 4) is 5.75 Å². The quantitative estimate of drug-likeness (QED) is 0.682. The molecule has 0 aliphatic heterocycles. The number of urea groups is 1. The highest BCUT2D eigenvalue weighted by molar-refractivity contribution is 6.01. The van der Waals surface area contributed by atoms with Gasteiger partial charge in [-0.2, -0.15) is 0 Å². The van der Waals surface area contributed by atoms with Gasteiger partial charge < -0.3 is 20.5 Å². The Morgan fingerprint density at radius 3 is 2.87 bits per heavy atom. The fraction of sp³-hybridized carbons (Fsp3) is 0.312. The molecule has 0 saturated heterocycles. The number of carbonyl (C=O) groups is 2. The first kappa shape index (κ1) is 16.5. The molecule has 0 aliphatic rings. The van der Waals surface area contributed by atoms with Crippen LogP contribution in [0.5, 0.6) is 5.75 Å². The van der Waals surface area contributed by atoms with Gasteiger partial charge in [-0.3, -0.25) is 9.78 Å². The molecule has 7 nitrogen and oxygen atoms in total. The fourth-order valence-electron chi connectivity index (χ4n) is 2.14. The van der Waals surface area contributed by atoms with Crippen LogP contribution in [0.25, 0.3) is 10.9 Å². The molecule has 0 bridgehead atoms. The monoisotopic (exact) mass is 317 g/mol. The number of carbonyl (C=O) groups excluding carboxylic acids is 1. The highest BCUT2D eigenvalue weighted by Gasteiger charge is 2.10. The zero-order valence-electron chi connectivity index (χ0n) is 12.8. The Kier molecular flexibility index (Phi) is 5.74. The first-order valence-electron chi connectivity index (χ1n) is 7.39. The number of amides is 2. The summed E-state index contributed by atoms with van der Waals surface area (Å²) in [5.74, 6) is -0.170. The van der Waals surface area contributed by atoms with E-state index in [1.807, 2.05) is 13.0 Å². The van der Waals surface area contributed by atoms with Crippen LogP contribution < -0.4 is 15.4 Å². The number of carboxylic acid groups (broad SMARTS) is 1. The molecule has 23 heavy (non-hydrogen) atoms. The van der Waals surface area contributed by atoms with Crippen LogP contribution in [0.1, 0.15) is 19.8 Å². The lowest BCUT2D eigenvalue weighted by atomic mass is 10.1. The Morgan fingerprint density at radius 2 is 2.13 bits per heavy atom. The molecule has 7 heteroatoms. The number of fused-ring (bicyclic) bond motifs is 1. The molecule has 0 spiro atoms. The fourth-order valence-corrected chi connectivity index (χ4v) is 2.14. The lowest BCUT2D eigenvalue weighted by Gasteiger charge is -2.12. The number of pyridine rings is 1. The molecule has 0 atom stereocenters. The van der Waals surface area contributed by atoms with Crippen LogP contribution in [0.2, 0.25) is 0 Å². The van der Waals surface area contributed by atoms with Gasteiger partial charge in [0.05, 0.1) is 17.8 Å². The second-order valence-electron chi connectivity index (χ2n) is 4.82. The molecular weight excluding hydrogens is 298 g/mol. The zero-order valence-corrected chi connectivity index (χ0v) is 12.8. The van der Waals surface area contributed by atoms with E-state index in [9.17, 15) is 9.59 Å². The molecule has 2 rings (SSSR count). The second-order valence-corrected chi connectivity index (χ2v) is 4.82. The Hall–Kier alpha value is -2.83. The average Bonchev–Trinajstić information content (AvgIpc) is 2.54. The van der Waals surface area contributed by atoms with E-state index in [2.05, 4.69) is 15.6 Å². The first-order valence-corrected chi connectivity index (χ1v) is 7.39. The molecule has 0 fully saturated rings. The lowest BCUT2D eigenvalue weighted by molar-refractivity contribution is -0.137. The Balaban J connectivity index is 2.07. The van der Waals surface area contributed by atoms with E-state index < -0.39 is 12.0 Å². The van der Waals surface area contributed by atoms with Crippen LogP contribution in [-0.4, -0.2) is 35.2 Å². The number of hydrogen-bond acceptors (Lipinski definition) is 4. The van der Waals surface area contributed by atoms with Crippen molar-refractivity contribution >= 4 is 28.6 Å². The summed E-state index contributed by atoms with van der Waals surface area (Å²) in [4.78, 5) is 26.6. The molecule has 2 amide bonds. The largest absolute Gasteiger partial charge is 0.493 e. The molecule has 0 saturated carbocycles. The predicted octanol–water partition coefficient (Wildman–Crippen LogP) is 2.62. The van der Waals surface area contributed by atoms with Gasteiger partial charge in [-0.15, -0.1) is 0 Å². The van der Waals surface area contributed by atoms with Gasteiger partial charge in [0.25, 0.3) is 0 Å². The number of nitrogens with one attached hydrogen (secondary N) is 2. The van der Waals surface area contributed by atoms with Crippen LogP contribution in [0, 0.1) is 0 Å². The minimum atomic E-state index is -0.881. The maximum Gasteiger partial charge on any atom is 0.319 e. The van der Waals surface area contributed by atoms with Crippen LogP contribution in [-0.2, 0) is 4.79 Å². The van der Waals surface area contributed by atoms with Crippen molar-refractivity contribution < 1.29 is 19.4 Å². The zero-order chi connectivity index (χ0) is 16.7. The summed E-state index contributed by atoms with van der Waals surface area (Å²) in [6, 6.07) is 6.81. The Morgan fingerprint density at radius 1 is 1.30 bits per heavy atom. The Labute approximate surface area is 133 Å². The minimum Gasteiger partial charge on any atom is -0.493 e. The highest BCUT2D eigenvalue weighted by atomic mass is 16.5. The van der Waals surface area contributed by atoms with Crippen molar-refractivity contribution in [1.82, 2.24) is 10.3 Å². The third-order valence-corrected chi connectivity index (χ3v) is 3.13. The van der Waals surface area contributed by atoms with E-state index in [0.29, 0.717) is 36.5 Å². The van der Waals surface area contributed by atoms with E-state index >= 15 is 0 Å². The van der Waals surface area contributed by atoms with Crippen molar-refractivity contribution in [3.63, 3.8) is 0 Å². The van der Waals surface area contributed by atoms with Gasteiger partial charge in [0.1, 0.15) is 5.75 Å². The molecule has 0 radical (unpaired) electrons. The van der Waals surface area contributed by atoms with Crippen LogP contribution >= 0.6 is 0 Å². The summed E-state index contributed by atoms with van der Waals surface area (Å²) >= 11 is 0. The number of carboxylic acids is 1. The SMILES string of the molecule is CCOc1ccc(NC(=O)NCCCC(=O)O)c2ncccc12. The number of rotatable bonds is 7. The van der Waals surface area contributed by atoms with Gasteiger partial charge in [-0.05, 0) is 37.6 Å². The molecule has 1 heterocycles. The summed E-state index contributed by atoms with van der Waals surface area (Å²) in [5, 5.41) is 14.7. The molecule has 1 aromatic carbocycles. The van der Waals surface area contributed by atoms with Crippen LogP contribution in [0.15, 0.2) is 30.5 Å². The number of anilines is 1. The van der Waals surface area contributed by atoms with Crippen molar-refractivity contribution in [2.24, 2.45) is 0 Å². The van der Waals surface area contributed by atoms with Gasteiger partial charge in [-0.1, -0.05) is 0 Å². The number of nitrogens with zero attached hydrogens (tertiary/aromatic N) is 1. The van der Waals surface area contributed by atoms with Gasteiger partial charge in [-0.25, -0.2) is 4.79 Å². The summed E-state index contributed by atoms with van der Waals surface area (Å²) in [5.41, 5.74) is 1.21. The molecule has 2 aromatic rings. The molecule has 122 valence electrons. The average molecular weight is 317 g/mol. The molecule has 1 aromatic heterocycles. The van der Waals surface area contributed by atoms with Crippen molar-refractivity contribution in [1.29, 1.82) is 0 Å². The second kappa shape index (κ2) is 7.98. The predicted molar refractivity (Wildman–Crippen MR) is 86.8 cm³/mol. The number of ether oxygens (including phenoxy) is 1. The first-order chi connectivity index (χ1) is 11.1. The number of aliphatic carboxylic acids is 1. The van der Waals surface area contributed by atoms with Crippen LogP contribution in [0.4, 0.5) is 10.5 Å². The third kappa shape index (κ3) is 4.57. The van der Waals surface area contributed by atoms with E-state index in [4.69, 9.17) is 9.84 Å². The van der Waals surface area contributed by atoms with E-state index in [-0.39, 0.29) is 6.42 Å². The minimum absolute atomic E-state index is 0.0216. The Bertz CT molecular complexity index is 703. The van der Waals surface area contributed by atoms with E-state index in [0.717, 1.165) is 5.39 Å². The van der Waals surface area contributed by atoms with Crippen molar-refractivity contribution in [2.75, 3.05) is 18.5 Å². The van der Waals surface area contributed by atoms with E-state index in [1.165, 1.54) is 0 Å². The molecule has 0 aliphatic carbocycles. The maximum absolute atomic E-state index is 11.9. The van der Waals surface area contributed by atoms with Crippen molar-refractivity contribution in [3.05, 3.63) is 30.5 Å². The highest BCUT2D eigenvalue weighted by Crippen LogP contribution is 2.29. The standard InChI is InChI=1S/C16H19N3O4/c1-2-23-13-8-7-12(15-11(13)5-3-9-17-15)19-16(22)18-10-4-6-14(20)21/h3,5,7-9H,2,4,6,10H2,1H3,(H,20,21)(H2,18,19,22). The van der Waals surface area contributed by atoms with Crippen LogP contribution in [0.3, 0.4) is 0 Å².